The third kappa shape index (κ3) is 3.35. The number of H-pyrrole nitrogens is 1. The van der Waals surface area contributed by atoms with Crippen LogP contribution in [0.1, 0.15) is 56.3 Å². The number of carbonyl (C=O) groups is 2. The van der Waals surface area contributed by atoms with E-state index in [1.807, 2.05) is 30.3 Å². The molecular weight excluding hydrogens is 348 g/mol. The average Bonchev–Trinajstić information content (AvgIpc) is 3.23. The highest BCUT2D eigenvalue weighted by Gasteiger charge is 2.18. The van der Waals surface area contributed by atoms with Gasteiger partial charge in [0, 0.05) is 10.3 Å². The van der Waals surface area contributed by atoms with Crippen LogP contribution < -0.4 is 10.9 Å². The summed E-state index contributed by atoms with van der Waals surface area (Å²) in [4.78, 5) is 26.7. The van der Waals surface area contributed by atoms with Crippen LogP contribution in [-0.4, -0.2) is 22.0 Å². The minimum absolute atomic E-state index is 0.263. The van der Waals surface area contributed by atoms with Crippen molar-refractivity contribution in [2.24, 2.45) is 0 Å². The summed E-state index contributed by atoms with van der Waals surface area (Å²) < 4.78 is 0. The normalized spacial score (nSPS) is 14.3. The molecule has 0 atom stereocenters. The molecular formula is C19H20N4O2S. The van der Waals surface area contributed by atoms with Crippen molar-refractivity contribution in [2.75, 3.05) is 0 Å². The van der Waals surface area contributed by atoms with Gasteiger partial charge in [0.25, 0.3) is 11.8 Å². The van der Waals surface area contributed by atoms with Crippen molar-refractivity contribution in [1.29, 1.82) is 0 Å². The van der Waals surface area contributed by atoms with Crippen LogP contribution in [0.5, 0.6) is 0 Å². The molecule has 134 valence electrons. The van der Waals surface area contributed by atoms with Crippen LogP contribution >= 0.6 is 11.3 Å². The van der Waals surface area contributed by atoms with Gasteiger partial charge in [-0.3, -0.25) is 25.5 Å². The van der Waals surface area contributed by atoms with Crippen LogP contribution in [0, 0.1) is 0 Å². The third-order valence-corrected chi connectivity index (χ3v) is 5.93. The van der Waals surface area contributed by atoms with E-state index in [4.69, 9.17) is 0 Å². The number of rotatable bonds is 2. The highest BCUT2D eigenvalue weighted by Crippen LogP contribution is 2.28. The van der Waals surface area contributed by atoms with E-state index < -0.39 is 5.91 Å². The molecule has 2 amide bonds. The molecule has 2 heterocycles. The van der Waals surface area contributed by atoms with Crippen LogP contribution in [0.3, 0.4) is 0 Å². The largest absolute Gasteiger partial charge is 0.290 e. The van der Waals surface area contributed by atoms with Crippen LogP contribution in [0.2, 0.25) is 0 Å². The van der Waals surface area contributed by atoms with Crippen molar-refractivity contribution in [1.82, 2.24) is 21.0 Å². The molecule has 1 aliphatic carbocycles. The topological polar surface area (TPSA) is 86.9 Å². The van der Waals surface area contributed by atoms with Gasteiger partial charge in [0.2, 0.25) is 0 Å². The smallest absolute Gasteiger partial charge is 0.277 e. The number of benzene rings is 1. The lowest BCUT2D eigenvalue weighted by molar-refractivity contribution is 0.0847. The third-order valence-electron chi connectivity index (χ3n) is 4.70. The number of aryl methyl sites for hydroxylation is 2. The van der Waals surface area contributed by atoms with Crippen molar-refractivity contribution in [3.05, 3.63) is 51.3 Å². The van der Waals surface area contributed by atoms with E-state index in [1.165, 1.54) is 47.5 Å². The van der Waals surface area contributed by atoms with E-state index in [9.17, 15) is 9.59 Å². The molecule has 0 radical (unpaired) electrons. The fourth-order valence-electron chi connectivity index (χ4n) is 3.33. The number of thiophene rings is 1. The number of amides is 2. The first-order valence-corrected chi connectivity index (χ1v) is 9.69. The minimum atomic E-state index is -0.439. The number of nitrogens with one attached hydrogen (secondary N) is 3. The standard InChI is InChI=1S/C19H20N4O2S/c24-18(16-11-12-7-3-1-2-4-10-15(12)26-16)22-23-19(25)17-13-8-5-6-9-14(13)20-21-17/h5-6,8-9,11H,1-4,7,10H2,(H,20,21)(H,22,24)(H,23,25). The quantitative estimate of drug-likeness (QED) is 0.606. The molecule has 3 N–H and O–H groups in total. The summed E-state index contributed by atoms with van der Waals surface area (Å²) in [6, 6.07) is 9.34. The second-order valence-corrected chi connectivity index (χ2v) is 7.64. The summed E-state index contributed by atoms with van der Waals surface area (Å²) in [6.45, 7) is 0. The molecule has 1 aromatic carbocycles. The molecule has 4 rings (SSSR count). The number of hydrazine groups is 1. The Morgan fingerprint density at radius 3 is 2.65 bits per heavy atom. The molecule has 2 aromatic heterocycles. The minimum Gasteiger partial charge on any atom is -0.277 e. The monoisotopic (exact) mass is 368 g/mol. The summed E-state index contributed by atoms with van der Waals surface area (Å²) in [5, 5.41) is 7.57. The van der Waals surface area contributed by atoms with E-state index in [-0.39, 0.29) is 11.6 Å². The summed E-state index contributed by atoms with van der Waals surface area (Å²) in [7, 11) is 0. The number of aromatic nitrogens is 2. The Balaban J connectivity index is 1.44. The predicted molar refractivity (Wildman–Crippen MR) is 101 cm³/mol. The number of nitrogens with zero attached hydrogens (tertiary/aromatic N) is 1. The Labute approximate surface area is 155 Å². The average molecular weight is 368 g/mol. The van der Waals surface area contributed by atoms with Gasteiger partial charge >= 0.3 is 0 Å². The summed E-state index contributed by atoms with van der Waals surface area (Å²) >= 11 is 1.53. The Morgan fingerprint density at radius 1 is 1.00 bits per heavy atom. The van der Waals surface area contributed by atoms with E-state index in [2.05, 4.69) is 21.0 Å². The maximum absolute atomic E-state index is 12.4. The van der Waals surface area contributed by atoms with Crippen molar-refractivity contribution in [3.63, 3.8) is 0 Å². The van der Waals surface area contributed by atoms with Gasteiger partial charge in [-0.1, -0.05) is 31.0 Å². The van der Waals surface area contributed by atoms with E-state index in [1.54, 1.807) is 0 Å². The van der Waals surface area contributed by atoms with Gasteiger partial charge in [0.1, 0.15) is 0 Å². The maximum Gasteiger partial charge on any atom is 0.290 e. The number of hydrogen-bond acceptors (Lipinski definition) is 4. The van der Waals surface area contributed by atoms with Gasteiger partial charge in [-0.2, -0.15) is 5.10 Å². The molecule has 0 fully saturated rings. The van der Waals surface area contributed by atoms with E-state index in [0.717, 1.165) is 23.7 Å². The predicted octanol–water partition coefficient (Wildman–Crippen LogP) is 3.36. The second-order valence-electron chi connectivity index (χ2n) is 6.50. The maximum atomic E-state index is 12.4. The molecule has 3 aromatic rings. The van der Waals surface area contributed by atoms with Crippen LogP contribution in [0.4, 0.5) is 0 Å². The zero-order valence-electron chi connectivity index (χ0n) is 14.3. The number of carbonyl (C=O) groups excluding carboxylic acids is 2. The Bertz CT molecular complexity index is 934. The van der Waals surface area contributed by atoms with Crippen molar-refractivity contribution in [2.45, 2.75) is 38.5 Å². The second kappa shape index (κ2) is 7.29. The number of hydrogen-bond donors (Lipinski definition) is 3. The van der Waals surface area contributed by atoms with Gasteiger partial charge in [-0.05, 0) is 43.4 Å². The molecule has 7 heteroatoms. The highest BCUT2D eigenvalue weighted by molar-refractivity contribution is 7.14. The molecule has 0 unspecified atom stereocenters. The summed E-state index contributed by atoms with van der Waals surface area (Å²) in [5.41, 5.74) is 7.30. The number of para-hydroxylation sites is 1. The molecule has 6 nitrogen and oxygen atoms in total. The summed E-state index contributed by atoms with van der Waals surface area (Å²) in [5.74, 6) is -0.722. The van der Waals surface area contributed by atoms with Crippen molar-refractivity contribution >= 4 is 34.1 Å². The highest BCUT2D eigenvalue weighted by atomic mass is 32.1. The van der Waals surface area contributed by atoms with Crippen LogP contribution in [0.15, 0.2) is 30.3 Å². The SMILES string of the molecule is O=C(NNC(=O)c1n[nH]c2ccccc12)c1cc2c(s1)CCCCCC2. The fourth-order valence-corrected chi connectivity index (χ4v) is 4.48. The molecule has 0 aliphatic heterocycles. The first-order chi connectivity index (χ1) is 12.7. The number of aromatic amines is 1. The fraction of sp³-hybridized carbons (Fsp3) is 0.316. The van der Waals surface area contributed by atoms with Crippen molar-refractivity contribution < 1.29 is 9.59 Å². The Morgan fingerprint density at radius 2 is 1.77 bits per heavy atom. The lowest BCUT2D eigenvalue weighted by Crippen LogP contribution is -2.41. The van der Waals surface area contributed by atoms with Gasteiger partial charge in [0.15, 0.2) is 5.69 Å². The first kappa shape index (κ1) is 16.8. The molecule has 0 saturated heterocycles. The van der Waals surface area contributed by atoms with E-state index in [0.29, 0.717) is 4.88 Å². The van der Waals surface area contributed by atoms with Crippen LogP contribution in [0.25, 0.3) is 10.9 Å². The van der Waals surface area contributed by atoms with Crippen molar-refractivity contribution in [3.8, 4) is 0 Å². The van der Waals surface area contributed by atoms with Gasteiger partial charge in [0.05, 0.1) is 10.4 Å². The van der Waals surface area contributed by atoms with Gasteiger partial charge < -0.3 is 0 Å². The molecule has 0 spiro atoms. The summed E-state index contributed by atoms with van der Waals surface area (Å²) in [6.07, 6.45) is 6.94. The van der Waals surface area contributed by atoms with E-state index >= 15 is 0 Å². The zero-order chi connectivity index (χ0) is 17.9. The number of fused-ring (bicyclic) bond motifs is 2. The molecule has 0 bridgehead atoms. The first-order valence-electron chi connectivity index (χ1n) is 8.88. The van der Waals surface area contributed by atoms with Gasteiger partial charge in [-0.15, -0.1) is 11.3 Å². The zero-order valence-corrected chi connectivity index (χ0v) is 15.1. The molecule has 26 heavy (non-hydrogen) atoms. The van der Waals surface area contributed by atoms with Gasteiger partial charge in [-0.25, -0.2) is 0 Å². The Hall–Kier alpha value is -2.67. The lowest BCUT2D eigenvalue weighted by atomic mass is 10.00. The Kier molecular flexibility index (Phi) is 4.71. The lowest BCUT2D eigenvalue weighted by Gasteiger charge is -2.07. The molecule has 1 aliphatic rings. The van der Waals surface area contributed by atoms with Crippen LogP contribution in [-0.2, 0) is 12.8 Å². The molecule has 0 saturated carbocycles.